The summed E-state index contributed by atoms with van der Waals surface area (Å²) in [6, 6.07) is 5.91. The third-order valence-electron chi connectivity index (χ3n) is 2.26. The van der Waals surface area contributed by atoms with Crippen LogP contribution in [0, 0.1) is 17.2 Å². The van der Waals surface area contributed by atoms with Crippen molar-refractivity contribution >= 4 is 11.8 Å². The van der Waals surface area contributed by atoms with Gasteiger partial charge in [-0.1, -0.05) is 13.0 Å². The molecule has 0 aliphatic carbocycles. The first-order chi connectivity index (χ1) is 7.77. The molecule has 1 aromatic heterocycles. The standard InChI is InChI=1S/C12H17N3S/c1-10(9-16-2)7-14-8-11-4-3-5-15-12(11)6-13/h3-5,10,14H,7-9H2,1-2H3. The Balaban J connectivity index is 2.40. The van der Waals surface area contributed by atoms with E-state index in [0.29, 0.717) is 11.6 Å². The molecule has 0 fully saturated rings. The van der Waals surface area contributed by atoms with E-state index in [1.165, 1.54) is 0 Å². The molecule has 0 radical (unpaired) electrons. The fourth-order valence-electron chi connectivity index (χ4n) is 1.48. The largest absolute Gasteiger partial charge is 0.312 e. The maximum absolute atomic E-state index is 8.87. The van der Waals surface area contributed by atoms with Gasteiger partial charge in [0, 0.05) is 18.3 Å². The summed E-state index contributed by atoms with van der Waals surface area (Å²) in [7, 11) is 0. The van der Waals surface area contributed by atoms with Crippen LogP contribution in [0.3, 0.4) is 0 Å². The molecule has 0 bridgehead atoms. The number of aromatic nitrogens is 1. The number of hydrogen-bond acceptors (Lipinski definition) is 4. The molecule has 1 atom stereocenters. The first-order valence-corrected chi connectivity index (χ1v) is 6.71. The van der Waals surface area contributed by atoms with Gasteiger partial charge in [-0.15, -0.1) is 0 Å². The molecule has 0 saturated heterocycles. The number of pyridine rings is 1. The predicted octanol–water partition coefficient (Wildman–Crippen LogP) is 2.04. The summed E-state index contributed by atoms with van der Waals surface area (Å²) < 4.78 is 0. The molecule has 0 aliphatic heterocycles. The van der Waals surface area contributed by atoms with Crippen LogP contribution in [-0.2, 0) is 6.54 Å². The highest BCUT2D eigenvalue weighted by Gasteiger charge is 2.03. The minimum absolute atomic E-state index is 0.521. The van der Waals surface area contributed by atoms with Crippen LogP contribution in [0.4, 0.5) is 0 Å². The van der Waals surface area contributed by atoms with E-state index in [-0.39, 0.29) is 0 Å². The van der Waals surface area contributed by atoms with Gasteiger partial charge in [-0.05, 0) is 30.5 Å². The van der Waals surface area contributed by atoms with E-state index in [0.717, 1.165) is 24.4 Å². The number of thioether (sulfide) groups is 1. The van der Waals surface area contributed by atoms with Gasteiger partial charge in [0.25, 0.3) is 0 Å². The zero-order chi connectivity index (χ0) is 11.8. The van der Waals surface area contributed by atoms with E-state index in [9.17, 15) is 0 Å². The van der Waals surface area contributed by atoms with Crippen molar-refractivity contribution < 1.29 is 0 Å². The zero-order valence-electron chi connectivity index (χ0n) is 9.73. The third kappa shape index (κ3) is 4.21. The van der Waals surface area contributed by atoms with Crippen molar-refractivity contribution in [2.45, 2.75) is 13.5 Å². The van der Waals surface area contributed by atoms with Crippen molar-refractivity contribution in [3.8, 4) is 6.07 Å². The van der Waals surface area contributed by atoms with Gasteiger partial charge < -0.3 is 5.32 Å². The normalized spacial score (nSPS) is 12.1. The maximum Gasteiger partial charge on any atom is 0.144 e. The summed E-state index contributed by atoms with van der Waals surface area (Å²) >= 11 is 1.86. The second-order valence-corrected chi connectivity index (χ2v) is 4.73. The number of nitrogens with one attached hydrogen (secondary N) is 1. The molecule has 1 rings (SSSR count). The number of hydrogen-bond donors (Lipinski definition) is 1. The van der Waals surface area contributed by atoms with Crippen LogP contribution in [-0.4, -0.2) is 23.5 Å². The Morgan fingerprint density at radius 1 is 1.62 bits per heavy atom. The fourth-order valence-corrected chi connectivity index (χ4v) is 2.17. The van der Waals surface area contributed by atoms with Crippen molar-refractivity contribution in [2.24, 2.45) is 5.92 Å². The van der Waals surface area contributed by atoms with E-state index < -0.39 is 0 Å². The molecular weight excluding hydrogens is 218 g/mol. The minimum atomic E-state index is 0.521. The Morgan fingerprint density at radius 3 is 3.12 bits per heavy atom. The van der Waals surface area contributed by atoms with Gasteiger partial charge in [0.1, 0.15) is 11.8 Å². The minimum Gasteiger partial charge on any atom is -0.312 e. The Labute approximate surface area is 101 Å². The van der Waals surface area contributed by atoms with E-state index in [4.69, 9.17) is 5.26 Å². The lowest BCUT2D eigenvalue weighted by atomic mass is 10.2. The number of rotatable bonds is 6. The third-order valence-corrected chi connectivity index (χ3v) is 3.16. The molecule has 1 heterocycles. The van der Waals surface area contributed by atoms with E-state index in [2.05, 4.69) is 29.5 Å². The quantitative estimate of drug-likeness (QED) is 0.819. The summed E-state index contributed by atoms with van der Waals surface area (Å²) in [5, 5.41) is 12.2. The highest BCUT2D eigenvalue weighted by Crippen LogP contribution is 2.05. The molecule has 0 amide bonds. The van der Waals surface area contributed by atoms with Gasteiger partial charge in [-0.25, -0.2) is 4.98 Å². The predicted molar refractivity (Wildman–Crippen MR) is 68.2 cm³/mol. The first kappa shape index (κ1) is 13.0. The maximum atomic E-state index is 8.87. The Bertz CT molecular complexity index is 360. The van der Waals surface area contributed by atoms with Gasteiger partial charge in [0.15, 0.2) is 0 Å². The first-order valence-electron chi connectivity index (χ1n) is 5.31. The number of nitriles is 1. The molecule has 1 N–H and O–H groups in total. The Morgan fingerprint density at radius 2 is 2.44 bits per heavy atom. The summed E-state index contributed by atoms with van der Waals surface area (Å²) in [6.45, 7) is 3.91. The van der Waals surface area contributed by atoms with Crippen LogP contribution in [0.15, 0.2) is 18.3 Å². The van der Waals surface area contributed by atoms with Crippen LogP contribution in [0.5, 0.6) is 0 Å². The lowest BCUT2D eigenvalue weighted by Crippen LogP contribution is -2.22. The smallest absolute Gasteiger partial charge is 0.144 e. The Kier molecular flexibility index (Phi) is 5.91. The molecule has 3 nitrogen and oxygen atoms in total. The van der Waals surface area contributed by atoms with Crippen molar-refractivity contribution in [1.82, 2.24) is 10.3 Å². The lowest BCUT2D eigenvalue weighted by Gasteiger charge is -2.11. The summed E-state index contributed by atoms with van der Waals surface area (Å²) in [6.07, 6.45) is 3.77. The van der Waals surface area contributed by atoms with Crippen molar-refractivity contribution in [2.75, 3.05) is 18.6 Å². The lowest BCUT2D eigenvalue weighted by molar-refractivity contribution is 0.558. The van der Waals surface area contributed by atoms with Crippen LogP contribution >= 0.6 is 11.8 Å². The molecule has 16 heavy (non-hydrogen) atoms. The van der Waals surface area contributed by atoms with Crippen molar-refractivity contribution in [3.05, 3.63) is 29.6 Å². The average molecular weight is 235 g/mol. The van der Waals surface area contributed by atoms with E-state index >= 15 is 0 Å². The second-order valence-electron chi connectivity index (χ2n) is 3.81. The van der Waals surface area contributed by atoms with E-state index in [1.54, 1.807) is 6.20 Å². The summed E-state index contributed by atoms with van der Waals surface area (Å²) in [5.74, 6) is 1.81. The van der Waals surface area contributed by atoms with Gasteiger partial charge in [-0.2, -0.15) is 17.0 Å². The van der Waals surface area contributed by atoms with Crippen molar-refractivity contribution in [1.29, 1.82) is 5.26 Å². The highest BCUT2D eigenvalue weighted by atomic mass is 32.2. The monoisotopic (exact) mass is 235 g/mol. The van der Waals surface area contributed by atoms with Gasteiger partial charge in [0.05, 0.1) is 0 Å². The second kappa shape index (κ2) is 7.26. The summed E-state index contributed by atoms with van der Waals surface area (Å²) in [4.78, 5) is 4.03. The molecular formula is C12H17N3S. The SMILES string of the molecule is CSCC(C)CNCc1cccnc1C#N. The van der Waals surface area contributed by atoms with Gasteiger partial charge in [-0.3, -0.25) is 0 Å². The molecule has 86 valence electrons. The zero-order valence-corrected chi connectivity index (χ0v) is 10.5. The number of nitrogens with zero attached hydrogens (tertiary/aromatic N) is 2. The highest BCUT2D eigenvalue weighted by molar-refractivity contribution is 7.98. The molecule has 0 aliphatic rings. The van der Waals surface area contributed by atoms with Gasteiger partial charge in [0.2, 0.25) is 0 Å². The van der Waals surface area contributed by atoms with Crippen LogP contribution in [0.1, 0.15) is 18.2 Å². The molecule has 0 saturated carbocycles. The van der Waals surface area contributed by atoms with Crippen LogP contribution in [0.25, 0.3) is 0 Å². The molecule has 0 spiro atoms. The van der Waals surface area contributed by atoms with Crippen LogP contribution < -0.4 is 5.32 Å². The fraction of sp³-hybridized carbons (Fsp3) is 0.500. The molecule has 4 heteroatoms. The van der Waals surface area contributed by atoms with Crippen LogP contribution in [0.2, 0.25) is 0 Å². The van der Waals surface area contributed by atoms with E-state index in [1.807, 2.05) is 23.9 Å². The van der Waals surface area contributed by atoms with Crippen molar-refractivity contribution in [3.63, 3.8) is 0 Å². The molecule has 0 aromatic carbocycles. The average Bonchev–Trinajstić information content (AvgIpc) is 2.30. The van der Waals surface area contributed by atoms with Gasteiger partial charge >= 0.3 is 0 Å². The Hall–Kier alpha value is -1.05. The summed E-state index contributed by atoms with van der Waals surface area (Å²) in [5.41, 5.74) is 1.49. The topological polar surface area (TPSA) is 48.7 Å². The molecule has 1 aromatic rings. The molecule has 1 unspecified atom stereocenters.